The van der Waals surface area contributed by atoms with Crippen LogP contribution in [0.2, 0.25) is 0 Å². The number of nitrogens with one attached hydrogen (secondary N) is 2. The molecular formula is C29H36N4O2. The van der Waals surface area contributed by atoms with E-state index in [1.165, 1.54) is 5.56 Å². The smallest absolute Gasteiger partial charge is 0.255 e. The Morgan fingerprint density at radius 1 is 0.943 bits per heavy atom. The number of nitrogen functional groups attached to an aromatic ring is 1. The van der Waals surface area contributed by atoms with Crippen LogP contribution in [0.1, 0.15) is 40.7 Å². The molecular weight excluding hydrogens is 436 g/mol. The second kappa shape index (κ2) is 12.5. The Hall–Kier alpha value is -3.19. The fraction of sp³-hybridized carbons (Fsp3) is 0.345. The maximum Gasteiger partial charge on any atom is 0.255 e. The van der Waals surface area contributed by atoms with Gasteiger partial charge in [-0.15, -0.1) is 0 Å². The Bertz CT molecular complexity index is 1060. The summed E-state index contributed by atoms with van der Waals surface area (Å²) in [7, 11) is 0. The molecule has 3 aromatic rings. The number of aryl methyl sites for hydroxylation is 1. The highest BCUT2D eigenvalue weighted by Gasteiger charge is 2.20. The molecule has 1 amide bonds. The van der Waals surface area contributed by atoms with E-state index in [9.17, 15) is 9.90 Å². The minimum absolute atomic E-state index is 0.189. The molecule has 0 radical (unpaired) electrons. The van der Waals surface area contributed by atoms with Crippen LogP contribution in [0.3, 0.4) is 0 Å². The topological polar surface area (TPSA) is 90.6 Å². The number of hydrogen-bond donors (Lipinski definition) is 4. The van der Waals surface area contributed by atoms with E-state index < -0.39 is 6.23 Å². The van der Waals surface area contributed by atoms with Crippen molar-refractivity contribution in [3.05, 3.63) is 95.6 Å². The van der Waals surface area contributed by atoms with Gasteiger partial charge < -0.3 is 16.2 Å². The Labute approximate surface area is 208 Å². The van der Waals surface area contributed by atoms with Crippen molar-refractivity contribution in [2.75, 3.05) is 30.7 Å². The minimum Gasteiger partial charge on any atom is -0.397 e. The summed E-state index contributed by atoms with van der Waals surface area (Å²) in [6, 6.07) is 25.4. The summed E-state index contributed by atoms with van der Waals surface area (Å²) in [6.45, 7) is 4.08. The standard InChI is InChI=1S/C29H36N4O2/c30-26-8-4-5-9-27(26)32-29(35)25-13-10-22(11-14-25)12-15-28(34)31-20-23-16-18-33(19-17-23)21-24-6-2-1-3-7-24/h1-11,13-14,23,28,31,34H,12,15-21,30H2,(H,32,35). The van der Waals surface area contributed by atoms with Crippen molar-refractivity contribution in [1.82, 2.24) is 10.2 Å². The molecule has 1 aliphatic heterocycles. The number of nitrogens with zero attached hydrogens (tertiary/aromatic N) is 1. The van der Waals surface area contributed by atoms with Gasteiger partial charge in [-0.2, -0.15) is 0 Å². The number of anilines is 2. The van der Waals surface area contributed by atoms with Crippen LogP contribution < -0.4 is 16.4 Å². The highest BCUT2D eigenvalue weighted by molar-refractivity contribution is 6.05. The molecule has 0 spiro atoms. The number of aliphatic hydroxyl groups excluding tert-OH is 1. The predicted octanol–water partition coefficient (Wildman–Crippen LogP) is 4.27. The summed E-state index contributed by atoms with van der Waals surface area (Å²) >= 11 is 0. The van der Waals surface area contributed by atoms with Crippen molar-refractivity contribution in [2.45, 2.75) is 38.5 Å². The van der Waals surface area contributed by atoms with Gasteiger partial charge in [0.1, 0.15) is 6.23 Å². The first kappa shape index (κ1) is 24.9. The van der Waals surface area contributed by atoms with E-state index in [0.717, 1.165) is 51.0 Å². The van der Waals surface area contributed by atoms with E-state index in [-0.39, 0.29) is 5.91 Å². The van der Waals surface area contributed by atoms with E-state index in [1.807, 2.05) is 36.4 Å². The molecule has 0 aliphatic carbocycles. The minimum atomic E-state index is -0.527. The van der Waals surface area contributed by atoms with Gasteiger partial charge in [0.25, 0.3) is 5.91 Å². The molecule has 0 saturated carbocycles. The van der Waals surface area contributed by atoms with Crippen LogP contribution >= 0.6 is 0 Å². The van der Waals surface area contributed by atoms with Crippen LogP contribution in [-0.4, -0.2) is 41.8 Å². The number of para-hydroxylation sites is 2. The Morgan fingerprint density at radius 3 is 2.34 bits per heavy atom. The largest absolute Gasteiger partial charge is 0.397 e. The number of piperidine rings is 1. The number of hydrogen-bond acceptors (Lipinski definition) is 5. The van der Waals surface area contributed by atoms with E-state index in [2.05, 4.69) is 45.9 Å². The Kier molecular flexibility index (Phi) is 8.90. The molecule has 0 aromatic heterocycles. The van der Waals surface area contributed by atoms with Crippen molar-refractivity contribution in [3.63, 3.8) is 0 Å². The van der Waals surface area contributed by atoms with Crippen LogP contribution in [0, 0.1) is 5.92 Å². The molecule has 1 aliphatic rings. The van der Waals surface area contributed by atoms with Crippen molar-refractivity contribution >= 4 is 17.3 Å². The highest BCUT2D eigenvalue weighted by atomic mass is 16.3. The molecule has 1 fully saturated rings. The van der Waals surface area contributed by atoms with Gasteiger partial charge >= 0.3 is 0 Å². The second-order valence-corrected chi connectivity index (χ2v) is 9.41. The molecule has 5 N–H and O–H groups in total. The summed E-state index contributed by atoms with van der Waals surface area (Å²) in [5, 5.41) is 16.6. The number of amides is 1. The fourth-order valence-electron chi connectivity index (χ4n) is 4.53. The van der Waals surface area contributed by atoms with Gasteiger partial charge in [0.15, 0.2) is 0 Å². The highest BCUT2D eigenvalue weighted by Crippen LogP contribution is 2.20. The van der Waals surface area contributed by atoms with Gasteiger partial charge in [0.05, 0.1) is 11.4 Å². The molecule has 1 heterocycles. The summed E-state index contributed by atoms with van der Waals surface area (Å²) in [5.41, 5.74) is 10.1. The maximum atomic E-state index is 12.5. The lowest BCUT2D eigenvalue weighted by atomic mass is 9.96. The molecule has 1 saturated heterocycles. The van der Waals surface area contributed by atoms with Gasteiger partial charge in [0, 0.05) is 18.7 Å². The fourth-order valence-corrected chi connectivity index (χ4v) is 4.53. The van der Waals surface area contributed by atoms with Crippen LogP contribution in [0.15, 0.2) is 78.9 Å². The van der Waals surface area contributed by atoms with E-state index in [1.54, 1.807) is 12.1 Å². The van der Waals surface area contributed by atoms with Gasteiger partial charge in [-0.05, 0) is 80.1 Å². The number of likely N-dealkylation sites (tertiary alicyclic amines) is 1. The number of carbonyl (C=O) groups is 1. The first-order valence-electron chi connectivity index (χ1n) is 12.5. The third kappa shape index (κ3) is 7.65. The predicted molar refractivity (Wildman–Crippen MR) is 142 cm³/mol. The first-order valence-corrected chi connectivity index (χ1v) is 12.5. The lowest BCUT2D eigenvalue weighted by molar-refractivity contribution is 0.102. The van der Waals surface area contributed by atoms with Crippen LogP contribution in [-0.2, 0) is 13.0 Å². The Balaban J connectivity index is 1.14. The lowest BCUT2D eigenvalue weighted by Gasteiger charge is -2.32. The quantitative estimate of drug-likeness (QED) is 0.261. The summed E-state index contributed by atoms with van der Waals surface area (Å²) in [6.07, 6.45) is 3.17. The maximum absolute atomic E-state index is 12.5. The van der Waals surface area contributed by atoms with Crippen LogP contribution in [0.5, 0.6) is 0 Å². The number of aliphatic hydroxyl groups is 1. The SMILES string of the molecule is Nc1ccccc1NC(=O)c1ccc(CCC(O)NCC2CCN(Cc3ccccc3)CC2)cc1. The normalized spacial score (nSPS) is 15.6. The zero-order valence-corrected chi connectivity index (χ0v) is 20.2. The van der Waals surface area contributed by atoms with E-state index in [4.69, 9.17) is 5.73 Å². The molecule has 3 aromatic carbocycles. The molecule has 184 valence electrons. The molecule has 0 bridgehead atoms. The third-order valence-corrected chi connectivity index (χ3v) is 6.73. The monoisotopic (exact) mass is 472 g/mol. The first-order chi connectivity index (χ1) is 17.1. The summed E-state index contributed by atoms with van der Waals surface area (Å²) in [5.74, 6) is 0.416. The Morgan fingerprint density at radius 2 is 1.63 bits per heavy atom. The zero-order valence-electron chi connectivity index (χ0n) is 20.2. The molecule has 6 heteroatoms. The van der Waals surface area contributed by atoms with Gasteiger partial charge in [0.2, 0.25) is 0 Å². The molecule has 1 atom stereocenters. The van der Waals surface area contributed by atoms with Crippen molar-refractivity contribution < 1.29 is 9.90 Å². The van der Waals surface area contributed by atoms with Crippen LogP contribution in [0.25, 0.3) is 0 Å². The number of benzene rings is 3. The van der Waals surface area contributed by atoms with Gasteiger partial charge in [-0.3, -0.25) is 15.0 Å². The van der Waals surface area contributed by atoms with Gasteiger partial charge in [-0.1, -0.05) is 54.6 Å². The lowest BCUT2D eigenvalue weighted by Crippen LogP contribution is -2.39. The second-order valence-electron chi connectivity index (χ2n) is 9.41. The van der Waals surface area contributed by atoms with E-state index in [0.29, 0.717) is 29.3 Å². The van der Waals surface area contributed by atoms with E-state index >= 15 is 0 Å². The number of carbonyl (C=O) groups excluding carboxylic acids is 1. The summed E-state index contributed by atoms with van der Waals surface area (Å²) in [4.78, 5) is 15.0. The van der Waals surface area contributed by atoms with Crippen molar-refractivity contribution in [3.8, 4) is 0 Å². The average Bonchev–Trinajstić information content (AvgIpc) is 2.89. The third-order valence-electron chi connectivity index (χ3n) is 6.73. The summed E-state index contributed by atoms with van der Waals surface area (Å²) < 4.78 is 0. The van der Waals surface area contributed by atoms with Crippen molar-refractivity contribution in [1.29, 1.82) is 0 Å². The number of rotatable bonds is 10. The van der Waals surface area contributed by atoms with Gasteiger partial charge in [-0.25, -0.2) is 0 Å². The van der Waals surface area contributed by atoms with Crippen LogP contribution in [0.4, 0.5) is 11.4 Å². The molecule has 35 heavy (non-hydrogen) atoms. The zero-order chi connectivity index (χ0) is 24.5. The van der Waals surface area contributed by atoms with Crippen molar-refractivity contribution in [2.24, 2.45) is 5.92 Å². The molecule has 6 nitrogen and oxygen atoms in total. The molecule has 4 rings (SSSR count). The number of nitrogens with two attached hydrogens (primary N) is 1. The average molecular weight is 473 g/mol. The molecule has 1 unspecified atom stereocenters.